The second kappa shape index (κ2) is 9.74. The fraction of sp³-hybridized carbons (Fsp3) is 0.280. The molecule has 0 unspecified atom stereocenters. The summed E-state index contributed by atoms with van der Waals surface area (Å²) in [6.45, 7) is 3.33. The molecule has 5 rings (SSSR count). The molecule has 2 aliphatic rings. The maximum absolute atomic E-state index is 14.0. The van der Waals surface area contributed by atoms with Gasteiger partial charge < -0.3 is 9.80 Å². The smallest absolute Gasteiger partial charge is 0.276 e. The Balaban J connectivity index is 1.52. The molecular formula is C25H23Cl2F2N5O2S. The van der Waals surface area contributed by atoms with Gasteiger partial charge in [0, 0.05) is 19.6 Å². The first-order chi connectivity index (χ1) is 17.6. The Kier molecular flexibility index (Phi) is 6.76. The number of pyridine rings is 1. The number of hydrazone groups is 1. The zero-order valence-corrected chi connectivity index (χ0v) is 22.1. The maximum atomic E-state index is 14.0. The molecule has 0 bridgehead atoms. The monoisotopic (exact) mass is 565 g/mol. The van der Waals surface area contributed by atoms with Crippen LogP contribution in [0.3, 0.4) is 0 Å². The second-order valence-electron chi connectivity index (χ2n) is 9.22. The van der Waals surface area contributed by atoms with E-state index >= 15 is 0 Å². The summed E-state index contributed by atoms with van der Waals surface area (Å²) in [6.07, 6.45) is 2.77. The molecule has 12 heteroatoms. The first-order valence-corrected chi connectivity index (χ1v) is 13.8. The number of nitrogens with one attached hydrogen (secondary N) is 1. The van der Waals surface area contributed by atoms with Crippen LogP contribution in [0.1, 0.15) is 24.0 Å². The van der Waals surface area contributed by atoms with Crippen molar-refractivity contribution < 1.29 is 17.2 Å². The average Bonchev–Trinajstić information content (AvgIpc) is 3.61. The third kappa shape index (κ3) is 5.23. The summed E-state index contributed by atoms with van der Waals surface area (Å²) in [5, 5.41) is 4.34. The number of aryl methyl sites for hydroxylation is 1. The lowest BCUT2D eigenvalue weighted by molar-refractivity contribution is 0.258. The molecule has 1 spiro atoms. The van der Waals surface area contributed by atoms with Crippen LogP contribution in [0.25, 0.3) is 0 Å². The molecule has 3 aromatic rings. The van der Waals surface area contributed by atoms with Gasteiger partial charge in [-0.3, -0.25) is 0 Å². The summed E-state index contributed by atoms with van der Waals surface area (Å²) >= 11 is 12.8. The van der Waals surface area contributed by atoms with Crippen molar-refractivity contribution in [3.63, 3.8) is 0 Å². The predicted molar refractivity (Wildman–Crippen MR) is 140 cm³/mol. The lowest BCUT2D eigenvalue weighted by Gasteiger charge is -2.44. The van der Waals surface area contributed by atoms with Crippen molar-refractivity contribution in [3.05, 3.63) is 87.5 Å². The van der Waals surface area contributed by atoms with Crippen LogP contribution in [0.2, 0.25) is 10.0 Å². The number of amidine groups is 1. The van der Waals surface area contributed by atoms with Gasteiger partial charge in [-0.2, -0.15) is 13.2 Å². The summed E-state index contributed by atoms with van der Waals surface area (Å²) in [5.41, 5.74) is 0.747. The quantitative estimate of drug-likeness (QED) is 0.268. The molecule has 1 saturated heterocycles. The highest BCUT2D eigenvalue weighted by Crippen LogP contribution is 2.46. The lowest BCUT2D eigenvalue weighted by Crippen LogP contribution is -2.58. The number of hydrogen-bond acceptors (Lipinski definition) is 5. The number of hydrogen-bond donors (Lipinski definition) is 1. The standard InChI is InChI=1S/C25H23Cl2F2N5O2S/c1-16-2-5-19(6-3-16)37(35,36)32-31-24(23-20(26)12-18(29)13-21(23)27)34-11-10-33(15-25(34)8-9-25)22-7-4-17(28)14-30-22/h2-7,12-14,32H,8-11,15H2,1H3/b31-24-. The Bertz CT molecular complexity index is 1440. The van der Waals surface area contributed by atoms with Gasteiger partial charge in [0.1, 0.15) is 17.5 Å². The molecule has 1 aliphatic heterocycles. The molecule has 1 N–H and O–H groups in total. The summed E-state index contributed by atoms with van der Waals surface area (Å²) in [5.74, 6) is -0.190. The lowest BCUT2D eigenvalue weighted by atomic mass is 10.1. The summed E-state index contributed by atoms with van der Waals surface area (Å²) in [7, 11) is -4.01. The third-order valence-electron chi connectivity index (χ3n) is 6.60. The Morgan fingerprint density at radius 3 is 2.30 bits per heavy atom. The van der Waals surface area contributed by atoms with E-state index in [1.807, 2.05) is 16.7 Å². The highest BCUT2D eigenvalue weighted by molar-refractivity contribution is 7.89. The van der Waals surface area contributed by atoms with Crippen LogP contribution < -0.4 is 9.73 Å². The van der Waals surface area contributed by atoms with Gasteiger partial charge in [0.15, 0.2) is 5.84 Å². The summed E-state index contributed by atoms with van der Waals surface area (Å²) in [4.78, 5) is 10.6. The van der Waals surface area contributed by atoms with Crippen molar-refractivity contribution in [1.29, 1.82) is 0 Å². The van der Waals surface area contributed by atoms with Crippen LogP contribution in [0.5, 0.6) is 0 Å². The molecule has 2 aromatic carbocycles. The molecule has 2 heterocycles. The van der Waals surface area contributed by atoms with E-state index in [0.717, 1.165) is 30.5 Å². The van der Waals surface area contributed by atoms with Gasteiger partial charge in [-0.15, -0.1) is 5.10 Å². The van der Waals surface area contributed by atoms with Crippen LogP contribution in [0, 0.1) is 18.6 Å². The SMILES string of the molecule is Cc1ccc(S(=O)(=O)N/N=C(/c2c(Cl)cc(F)cc2Cl)N2CCN(c3ccc(F)cn3)CC23CC3)cc1. The highest BCUT2D eigenvalue weighted by atomic mass is 35.5. The van der Waals surface area contributed by atoms with Crippen LogP contribution in [-0.2, 0) is 10.0 Å². The molecule has 1 aliphatic carbocycles. The van der Waals surface area contributed by atoms with Crippen molar-refractivity contribution >= 4 is 44.9 Å². The van der Waals surface area contributed by atoms with Crippen molar-refractivity contribution in [2.75, 3.05) is 24.5 Å². The Morgan fingerprint density at radius 1 is 1.03 bits per heavy atom. The van der Waals surface area contributed by atoms with Crippen molar-refractivity contribution in [1.82, 2.24) is 14.7 Å². The van der Waals surface area contributed by atoms with Gasteiger partial charge in [0.05, 0.1) is 32.2 Å². The zero-order valence-electron chi connectivity index (χ0n) is 19.8. The van der Waals surface area contributed by atoms with Crippen molar-refractivity contribution in [2.45, 2.75) is 30.2 Å². The minimum Gasteiger partial charge on any atom is -0.352 e. The van der Waals surface area contributed by atoms with Gasteiger partial charge in [-0.05, 0) is 56.2 Å². The molecule has 0 amide bonds. The Labute approximate surface area is 223 Å². The van der Waals surface area contributed by atoms with E-state index in [1.165, 1.54) is 24.4 Å². The van der Waals surface area contributed by atoms with E-state index in [9.17, 15) is 17.2 Å². The Morgan fingerprint density at radius 2 is 1.70 bits per heavy atom. The molecule has 37 heavy (non-hydrogen) atoms. The fourth-order valence-corrected chi connectivity index (χ4v) is 5.95. The van der Waals surface area contributed by atoms with E-state index < -0.39 is 27.2 Å². The van der Waals surface area contributed by atoms with Gasteiger partial charge in [-0.25, -0.2) is 13.8 Å². The number of sulfonamides is 1. The van der Waals surface area contributed by atoms with E-state index in [0.29, 0.717) is 25.5 Å². The Hall–Kier alpha value is -2.95. The van der Waals surface area contributed by atoms with E-state index in [4.69, 9.17) is 23.2 Å². The van der Waals surface area contributed by atoms with Gasteiger partial charge in [0.25, 0.3) is 10.0 Å². The van der Waals surface area contributed by atoms with E-state index in [2.05, 4.69) is 14.9 Å². The normalized spacial score (nSPS) is 17.3. The van der Waals surface area contributed by atoms with Crippen molar-refractivity contribution in [3.8, 4) is 0 Å². The molecule has 1 saturated carbocycles. The second-order valence-corrected chi connectivity index (χ2v) is 11.7. The molecular weight excluding hydrogens is 543 g/mol. The zero-order chi connectivity index (χ0) is 26.4. The molecule has 7 nitrogen and oxygen atoms in total. The summed E-state index contributed by atoms with van der Waals surface area (Å²) < 4.78 is 53.4. The van der Waals surface area contributed by atoms with Crippen molar-refractivity contribution in [2.24, 2.45) is 5.10 Å². The topological polar surface area (TPSA) is 77.9 Å². The molecule has 0 radical (unpaired) electrons. The first-order valence-electron chi connectivity index (χ1n) is 11.5. The largest absolute Gasteiger partial charge is 0.352 e. The molecule has 194 valence electrons. The van der Waals surface area contributed by atoms with E-state index in [1.54, 1.807) is 18.2 Å². The van der Waals surface area contributed by atoms with Crippen LogP contribution in [0.4, 0.5) is 14.6 Å². The van der Waals surface area contributed by atoms with Crippen LogP contribution in [0.15, 0.2) is 64.7 Å². The number of anilines is 1. The number of rotatable bonds is 5. The fourth-order valence-electron chi connectivity index (χ4n) is 4.51. The van der Waals surface area contributed by atoms with E-state index in [-0.39, 0.29) is 26.3 Å². The van der Waals surface area contributed by atoms with Crippen LogP contribution in [-0.4, -0.2) is 49.3 Å². The highest BCUT2D eigenvalue weighted by Gasteiger charge is 2.53. The van der Waals surface area contributed by atoms with Gasteiger partial charge in [-0.1, -0.05) is 40.9 Å². The summed E-state index contributed by atoms with van der Waals surface area (Å²) in [6, 6.07) is 11.6. The number of aromatic nitrogens is 1. The van der Waals surface area contributed by atoms with Gasteiger partial charge >= 0.3 is 0 Å². The minimum atomic E-state index is -4.01. The number of piperazine rings is 1. The first kappa shape index (κ1) is 25.7. The van der Waals surface area contributed by atoms with Crippen LogP contribution >= 0.6 is 23.2 Å². The average molecular weight is 566 g/mol. The number of benzene rings is 2. The molecule has 1 aromatic heterocycles. The molecule has 0 atom stereocenters. The third-order valence-corrected chi connectivity index (χ3v) is 8.42. The van der Waals surface area contributed by atoms with Gasteiger partial charge in [0.2, 0.25) is 0 Å². The minimum absolute atomic E-state index is 0.0108. The molecule has 2 fully saturated rings. The predicted octanol–water partition coefficient (Wildman–Crippen LogP) is 4.97. The maximum Gasteiger partial charge on any atom is 0.276 e. The number of nitrogens with zero attached hydrogens (tertiary/aromatic N) is 4. The number of halogens is 4.